The highest BCUT2D eigenvalue weighted by Crippen LogP contribution is 2.26. The molecule has 7 heteroatoms. The Kier molecular flexibility index (Phi) is 3.07. The molecule has 82 valence electrons. The topological polar surface area (TPSA) is 63.3 Å². The van der Waals surface area contributed by atoms with Gasteiger partial charge in [0.2, 0.25) is 0 Å². The number of oxime groups is 1. The number of rotatable bonds is 2. The Balaban J connectivity index is 2.50. The molecule has 0 aliphatic rings. The van der Waals surface area contributed by atoms with Gasteiger partial charge in [0, 0.05) is 0 Å². The highest BCUT2D eigenvalue weighted by atomic mass is 35.5. The molecule has 0 unspecified atom stereocenters. The Bertz CT molecular complexity index is 518. The first kappa shape index (κ1) is 10.9. The quantitative estimate of drug-likeness (QED) is 0.510. The van der Waals surface area contributed by atoms with Gasteiger partial charge in [-0.3, -0.25) is 0 Å². The first-order chi connectivity index (χ1) is 7.72. The minimum atomic E-state index is 0.401. The summed E-state index contributed by atoms with van der Waals surface area (Å²) in [6.07, 6.45) is 2.59. The van der Waals surface area contributed by atoms with Crippen LogP contribution in [0.4, 0.5) is 0 Å². The average Bonchev–Trinajstić information content (AvgIpc) is 2.67. The molecule has 1 N–H and O–H groups in total. The number of para-hydroxylation sites is 1. The van der Waals surface area contributed by atoms with Crippen molar-refractivity contribution >= 4 is 29.4 Å². The first-order valence-electron chi connectivity index (χ1n) is 4.26. The molecule has 1 heterocycles. The van der Waals surface area contributed by atoms with E-state index in [0.29, 0.717) is 21.4 Å². The van der Waals surface area contributed by atoms with Crippen LogP contribution in [-0.2, 0) is 0 Å². The smallest absolute Gasteiger partial charge is 0.127 e. The van der Waals surface area contributed by atoms with Crippen molar-refractivity contribution in [3.8, 4) is 5.69 Å². The minimum absolute atomic E-state index is 0.401. The van der Waals surface area contributed by atoms with Gasteiger partial charge in [-0.05, 0) is 12.1 Å². The molecule has 0 saturated heterocycles. The molecule has 0 amide bonds. The Morgan fingerprint density at radius 3 is 2.62 bits per heavy atom. The molecule has 2 rings (SSSR count). The van der Waals surface area contributed by atoms with E-state index in [4.69, 9.17) is 28.4 Å². The van der Waals surface area contributed by atoms with Gasteiger partial charge in [-0.1, -0.05) is 34.4 Å². The molecule has 0 atom stereocenters. The molecule has 0 aliphatic heterocycles. The second-order valence-electron chi connectivity index (χ2n) is 2.87. The number of aromatic nitrogens is 3. The van der Waals surface area contributed by atoms with E-state index in [-0.39, 0.29) is 0 Å². The molecule has 1 aromatic heterocycles. The molecular weight excluding hydrogens is 251 g/mol. The summed E-state index contributed by atoms with van der Waals surface area (Å²) in [5.74, 6) is 0. The van der Waals surface area contributed by atoms with Crippen LogP contribution in [0.2, 0.25) is 10.0 Å². The van der Waals surface area contributed by atoms with Gasteiger partial charge < -0.3 is 5.21 Å². The van der Waals surface area contributed by atoms with Gasteiger partial charge in [0.15, 0.2) is 0 Å². The second kappa shape index (κ2) is 4.51. The van der Waals surface area contributed by atoms with Gasteiger partial charge in [0.25, 0.3) is 0 Å². The first-order valence-corrected chi connectivity index (χ1v) is 5.02. The fraction of sp³-hybridized carbons (Fsp3) is 0. The van der Waals surface area contributed by atoms with Crippen molar-refractivity contribution in [1.82, 2.24) is 15.0 Å². The van der Waals surface area contributed by atoms with Crippen LogP contribution < -0.4 is 0 Å². The van der Waals surface area contributed by atoms with E-state index < -0.39 is 0 Å². The number of benzene rings is 1. The van der Waals surface area contributed by atoms with Crippen molar-refractivity contribution in [1.29, 1.82) is 0 Å². The van der Waals surface area contributed by atoms with Crippen LogP contribution in [0.15, 0.2) is 29.6 Å². The van der Waals surface area contributed by atoms with E-state index in [0.717, 1.165) is 6.21 Å². The van der Waals surface area contributed by atoms with Gasteiger partial charge in [0.1, 0.15) is 11.4 Å². The second-order valence-corrected chi connectivity index (χ2v) is 3.69. The molecule has 0 radical (unpaired) electrons. The summed E-state index contributed by atoms with van der Waals surface area (Å²) < 4.78 is 0. The van der Waals surface area contributed by atoms with Crippen LogP contribution in [0.3, 0.4) is 0 Å². The molecule has 0 aliphatic carbocycles. The fourth-order valence-corrected chi connectivity index (χ4v) is 1.73. The minimum Gasteiger partial charge on any atom is -0.411 e. The van der Waals surface area contributed by atoms with Crippen LogP contribution in [0.1, 0.15) is 5.69 Å². The summed E-state index contributed by atoms with van der Waals surface area (Å²) >= 11 is 12.0. The zero-order valence-electron chi connectivity index (χ0n) is 7.88. The van der Waals surface area contributed by atoms with E-state index in [1.807, 2.05) is 0 Å². The maximum atomic E-state index is 8.35. The number of nitrogens with zero attached hydrogens (tertiary/aromatic N) is 4. The predicted molar refractivity (Wildman–Crippen MR) is 60.8 cm³/mol. The number of halogens is 2. The average molecular weight is 257 g/mol. The SMILES string of the molecule is O/N=C/c1cnn(-c2c(Cl)cccc2Cl)n1. The molecule has 1 aromatic carbocycles. The molecule has 0 spiro atoms. The summed E-state index contributed by atoms with van der Waals surface area (Å²) in [6, 6.07) is 5.10. The third kappa shape index (κ3) is 2.00. The highest BCUT2D eigenvalue weighted by Gasteiger charge is 2.10. The Labute approximate surface area is 101 Å². The monoisotopic (exact) mass is 256 g/mol. The van der Waals surface area contributed by atoms with Crippen molar-refractivity contribution in [3.63, 3.8) is 0 Å². The maximum Gasteiger partial charge on any atom is 0.127 e. The lowest BCUT2D eigenvalue weighted by Crippen LogP contribution is -2.01. The normalized spacial score (nSPS) is 11.1. The standard InChI is InChI=1S/C9H6Cl2N4O/c10-7-2-1-3-8(11)9(7)15-12-4-6(14-15)5-13-16/h1-5,16H/b13-5+. The third-order valence-corrected chi connectivity index (χ3v) is 2.45. The molecule has 5 nitrogen and oxygen atoms in total. The van der Waals surface area contributed by atoms with Crippen molar-refractivity contribution in [3.05, 3.63) is 40.1 Å². The van der Waals surface area contributed by atoms with E-state index in [2.05, 4.69) is 15.4 Å². The van der Waals surface area contributed by atoms with Gasteiger partial charge in [-0.25, -0.2) is 0 Å². The van der Waals surface area contributed by atoms with E-state index >= 15 is 0 Å². The van der Waals surface area contributed by atoms with Gasteiger partial charge >= 0.3 is 0 Å². The summed E-state index contributed by atoms with van der Waals surface area (Å²) in [4.78, 5) is 1.28. The summed E-state index contributed by atoms with van der Waals surface area (Å²) in [5, 5.41) is 20.1. The number of hydrogen-bond donors (Lipinski definition) is 1. The van der Waals surface area contributed by atoms with Crippen LogP contribution >= 0.6 is 23.2 Å². The third-order valence-electron chi connectivity index (χ3n) is 1.84. The van der Waals surface area contributed by atoms with Crippen LogP contribution in [-0.4, -0.2) is 26.4 Å². The zero-order chi connectivity index (χ0) is 11.5. The van der Waals surface area contributed by atoms with Gasteiger partial charge in [-0.15, -0.1) is 9.90 Å². The largest absolute Gasteiger partial charge is 0.411 e. The molecule has 0 bridgehead atoms. The lowest BCUT2D eigenvalue weighted by Gasteiger charge is -2.04. The zero-order valence-corrected chi connectivity index (χ0v) is 9.39. The summed E-state index contributed by atoms with van der Waals surface area (Å²) in [5.41, 5.74) is 0.891. The fourth-order valence-electron chi connectivity index (χ4n) is 1.18. The molecular formula is C9H6Cl2N4O. The van der Waals surface area contributed by atoms with Crippen LogP contribution in [0.25, 0.3) is 5.69 Å². The predicted octanol–water partition coefficient (Wildman–Crippen LogP) is 2.38. The Morgan fingerprint density at radius 1 is 1.31 bits per heavy atom. The number of hydrogen-bond acceptors (Lipinski definition) is 4. The Hall–Kier alpha value is -1.59. The van der Waals surface area contributed by atoms with E-state index in [1.54, 1.807) is 18.2 Å². The maximum absolute atomic E-state index is 8.35. The summed E-state index contributed by atoms with van der Waals surface area (Å²) in [6.45, 7) is 0. The van der Waals surface area contributed by atoms with E-state index in [1.165, 1.54) is 11.0 Å². The van der Waals surface area contributed by atoms with Crippen molar-refractivity contribution < 1.29 is 5.21 Å². The van der Waals surface area contributed by atoms with Crippen molar-refractivity contribution in [2.24, 2.45) is 5.16 Å². The molecule has 2 aromatic rings. The van der Waals surface area contributed by atoms with Crippen molar-refractivity contribution in [2.75, 3.05) is 0 Å². The lowest BCUT2D eigenvalue weighted by molar-refractivity contribution is 0.321. The molecule has 0 fully saturated rings. The highest BCUT2D eigenvalue weighted by molar-refractivity contribution is 6.37. The molecule has 16 heavy (non-hydrogen) atoms. The lowest BCUT2D eigenvalue weighted by atomic mass is 10.3. The molecule has 0 saturated carbocycles. The van der Waals surface area contributed by atoms with Crippen LogP contribution in [0, 0.1) is 0 Å². The van der Waals surface area contributed by atoms with Crippen molar-refractivity contribution in [2.45, 2.75) is 0 Å². The van der Waals surface area contributed by atoms with Gasteiger partial charge in [0.05, 0.1) is 22.5 Å². The van der Waals surface area contributed by atoms with E-state index in [9.17, 15) is 0 Å². The Morgan fingerprint density at radius 2 is 2.00 bits per heavy atom. The summed E-state index contributed by atoms with van der Waals surface area (Å²) in [7, 11) is 0. The van der Waals surface area contributed by atoms with Crippen LogP contribution in [0.5, 0.6) is 0 Å². The van der Waals surface area contributed by atoms with Gasteiger partial charge in [-0.2, -0.15) is 5.10 Å².